The summed E-state index contributed by atoms with van der Waals surface area (Å²) in [7, 11) is 0. The summed E-state index contributed by atoms with van der Waals surface area (Å²) in [4.78, 5) is 5.24. The van der Waals surface area contributed by atoms with Gasteiger partial charge in [-0.25, -0.2) is 0 Å². The molecule has 7 heteroatoms. The molecule has 0 aromatic carbocycles. The van der Waals surface area contributed by atoms with Crippen LogP contribution in [-0.2, 0) is 6.42 Å². The summed E-state index contributed by atoms with van der Waals surface area (Å²) in [5.74, 6) is 0.992. The molecule has 0 saturated carbocycles. The van der Waals surface area contributed by atoms with Crippen LogP contribution in [0.3, 0.4) is 0 Å². The first-order valence-electron chi connectivity index (χ1n) is 6.34. The first kappa shape index (κ1) is 14.1. The van der Waals surface area contributed by atoms with Crippen LogP contribution in [0.4, 0.5) is 0 Å². The number of rotatable bonds is 4. The standard InChI is InChI=1S/C12H19N5OS/c1-5-6-7-8(19-17-15-7)11-14-10(16-18-11)9(13)12(2,3)4/h9H,5-6,13H2,1-4H3. The van der Waals surface area contributed by atoms with Gasteiger partial charge >= 0.3 is 0 Å². The second-order valence-electron chi connectivity index (χ2n) is 5.60. The van der Waals surface area contributed by atoms with Gasteiger partial charge in [0.1, 0.15) is 4.88 Å². The lowest BCUT2D eigenvalue weighted by Crippen LogP contribution is -2.27. The molecular formula is C12H19N5OS. The highest BCUT2D eigenvalue weighted by molar-refractivity contribution is 7.09. The maximum Gasteiger partial charge on any atom is 0.271 e. The first-order valence-corrected chi connectivity index (χ1v) is 7.11. The third-order valence-corrected chi connectivity index (χ3v) is 3.65. The summed E-state index contributed by atoms with van der Waals surface area (Å²) in [6.07, 6.45) is 1.86. The fourth-order valence-electron chi connectivity index (χ4n) is 1.61. The summed E-state index contributed by atoms with van der Waals surface area (Å²) in [5.41, 5.74) is 6.92. The minimum absolute atomic E-state index is 0.112. The molecule has 0 amide bonds. The quantitative estimate of drug-likeness (QED) is 0.926. The minimum atomic E-state index is -0.263. The van der Waals surface area contributed by atoms with Crippen LogP contribution in [0.25, 0.3) is 10.8 Å². The second kappa shape index (κ2) is 5.34. The van der Waals surface area contributed by atoms with Gasteiger partial charge in [0.2, 0.25) is 0 Å². The van der Waals surface area contributed by atoms with E-state index >= 15 is 0 Å². The Kier molecular flexibility index (Phi) is 3.96. The number of aromatic nitrogens is 4. The van der Waals surface area contributed by atoms with Crippen LogP contribution in [0.2, 0.25) is 0 Å². The number of nitrogens with two attached hydrogens (primary N) is 1. The molecule has 0 bridgehead atoms. The molecular weight excluding hydrogens is 262 g/mol. The summed E-state index contributed by atoms with van der Waals surface area (Å²) in [5, 5.41) is 8.07. The van der Waals surface area contributed by atoms with Gasteiger partial charge in [0.05, 0.1) is 11.7 Å². The molecule has 0 spiro atoms. The monoisotopic (exact) mass is 281 g/mol. The van der Waals surface area contributed by atoms with Crippen molar-refractivity contribution in [2.45, 2.75) is 46.6 Å². The van der Waals surface area contributed by atoms with Crippen molar-refractivity contribution in [1.82, 2.24) is 19.7 Å². The van der Waals surface area contributed by atoms with E-state index in [1.165, 1.54) is 11.5 Å². The van der Waals surface area contributed by atoms with Crippen molar-refractivity contribution in [2.24, 2.45) is 11.1 Å². The van der Waals surface area contributed by atoms with Crippen LogP contribution < -0.4 is 5.73 Å². The summed E-state index contributed by atoms with van der Waals surface area (Å²) in [6, 6.07) is -0.263. The molecule has 1 atom stereocenters. The zero-order valence-corrected chi connectivity index (χ0v) is 12.5. The van der Waals surface area contributed by atoms with Gasteiger partial charge in [-0.05, 0) is 23.4 Å². The number of aryl methyl sites for hydroxylation is 1. The highest BCUT2D eigenvalue weighted by Crippen LogP contribution is 2.31. The molecule has 104 valence electrons. The Labute approximate surface area is 116 Å². The Morgan fingerprint density at radius 1 is 1.37 bits per heavy atom. The highest BCUT2D eigenvalue weighted by Gasteiger charge is 2.28. The Hall–Kier alpha value is -1.34. The molecule has 2 rings (SSSR count). The van der Waals surface area contributed by atoms with E-state index in [4.69, 9.17) is 10.3 Å². The van der Waals surface area contributed by atoms with E-state index in [2.05, 4.69) is 26.7 Å². The summed E-state index contributed by atoms with van der Waals surface area (Å²) in [6.45, 7) is 8.23. The zero-order valence-electron chi connectivity index (χ0n) is 11.7. The van der Waals surface area contributed by atoms with Gasteiger partial charge in [0.25, 0.3) is 5.89 Å². The van der Waals surface area contributed by atoms with Crippen molar-refractivity contribution in [3.63, 3.8) is 0 Å². The van der Waals surface area contributed by atoms with E-state index in [1.54, 1.807) is 0 Å². The fourth-order valence-corrected chi connectivity index (χ4v) is 2.24. The molecule has 2 N–H and O–H groups in total. The highest BCUT2D eigenvalue weighted by atomic mass is 32.1. The molecule has 1 unspecified atom stereocenters. The van der Waals surface area contributed by atoms with Gasteiger partial charge in [0, 0.05) is 0 Å². The smallest absolute Gasteiger partial charge is 0.271 e. The largest absolute Gasteiger partial charge is 0.333 e. The lowest BCUT2D eigenvalue weighted by Gasteiger charge is -2.23. The normalized spacial score (nSPS) is 13.7. The molecule has 2 heterocycles. The Bertz CT molecular complexity index is 542. The Morgan fingerprint density at radius 3 is 2.74 bits per heavy atom. The van der Waals surface area contributed by atoms with Gasteiger partial charge in [0.15, 0.2) is 5.82 Å². The van der Waals surface area contributed by atoms with Crippen LogP contribution in [0.15, 0.2) is 4.52 Å². The lowest BCUT2D eigenvalue weighted by molar-refractivity contribution is 0.303. The average Bonchev–Trinajstić information content (AvgIpc) is 2.94. The molecule has 6 nitrogen and oxygen atoms in total. The minimum Gasteiger partial charge on any atom is -0.333 e. The van der Waals surface area contributed by atoms with Gasteiger partial charge in [-0.2, -0.15) is 4.98 Å². The fraction of sp³-hybridized carbons (Fsp3) is 0.667. The van der Waals surface area contributed by atoms with E-state index < -0.39 is 0 Å². The topological polar surface area (TPSA) is 90.7 Å². The molecule has 0 aliphatic heterocycles. The predicted octanol–water partition coefficient (Wildman–Crippen LogP) is 2.59. The first-order chi connectivity index (χ1) is 8.93. The molecule has 2 aromatic rings. The molecule has 0 radical (unpaired) electrons. The van der Waals surface area contributed by atoms with Crippen LogP contribution in [-0.4, -0.2) is 19.7 Å². The maximum absolute atomic E-state index is 6.12. The van der Waals surface area contributed by atoms with Gasteiger partial charge in [-0.1, -0.05) is 43.8 Å². The summed E-state index contributed by atoms with van der Waals surface area (Å²) < 4.78 is 9.25. The molecule has 19 heavy (non-hydrogen) atoms. The van der Waals surface area contributed by atoms with Crippen molar-refractivity contribution in [3.05, 3.63) is 11.5 Å². The van der Waals surface area contributed by atoms with Crippen molar-refractivity contribution >= 4 is 11.5 Å². The van der Waals surface area contributed by atoms with Crippen molar-refractivity contribution in [2.75, 3.05) is 0 Å². The van der Waals surface area contributed by atoms with E-state index in [9.17, 15) is 0 Å². The van der Waals surface area contributed by atoms with Crippen molar-refractivity contribution in [3.8, 4) is 10.8 Å². The number of hydrogen-bond donors (Lipinski definition) is 1. The SMILES string of the molecule is CCCc1nnsc1-c1nc(C(N)C(C)(C)C)no1. The molecule has 0 saturated heterocycles. The van der Waals surface area contributed by atoms with Gasteiger partial charge < -0.3 is 10.3 Å². The lowest BCUT2D eigenvalue weighted by atomic mass is 9.87. The van der Waals surface area contributed by atoms with Gasteiger partial charge in [-0.3, -0.25) is 0 Å². The Balaban J connectivity index is 2.28. The van der Waals surface area contributed by atoms with E-state index in [0.717, 1.165) is 23.4 Å². The third-order valence-electron chi connectivity index (χ3n) is 2.89. The predicted molar refractivity (Wildman–Crippen MR) is 73.6 cm³/mol. The number of hydrogen-bond acceptors (Lipinski definition) is 7. The maximum atomic E-state index is 6.12. The van der Waals surface area contributed by atoms with E-state index in [0.29, 0.717) is 11.7 Å². The molecule has 0 aliphatic carbocycles. The molecule has 0 fully saturated rings. The van der Waals surface area contributed by atoms with E-state index in [-0.39, 0.29) is 11.5 Å². The second-order valence-corrected chi connectivity index (χ2v) is 6.35. The summed E-state index contributed by atoms with van der Waals surface area (Å²) >= 11 is 1.28. The van der Waals surface area contributed by atoms with Crippen LogP contribution in [0, 0.1) is 5.41 Å². The Morgan fingerprint density at radius 2 is 2.11 bits per heavy atom. The van der Waals surface area contributed by atoms with Crippen LogP contribution >= 0.6 is 11.5 Å². The van der Waals surface area contributed by atoms with E-state index in [1.807, 2.05) is 20.8 Å². The van der Waals surface area contributed by atoms with Crippen LogP contribution in [0.1, 0.15) is 51.7 Å². The third kappa shape index (κ3) is 2.98. The van der Waals surface area contributed by atoms with Crippen LogP contribution in [0.5, 0.6) is 0 Å². The van der Waals surface area contributed by atoms with Gasteiger partial charge in [-0.15, -0.1) is 5.10 Å². The molecule has 0 aliphatic rings. The number of nitrogens with zero attached hydrogens (tertiary/aromatic N) is 4. The molecule has 2 aromatic heterocycles. The zero-order chi connectivity index (χ0) is 14.0. The average molecular weight is 281 g/mol. The van der Waals surface area contributed by atoms with Crippen molar-refractivity contribution < 1.29 is 4.52 Å². The van der Waals surface area contributed by atoms with Crippen molar-refractivity contribution in [1.29, 1.82) is 0 Å².